The molecule has 2 atom stereocenters. The zero-order valence-electron chi connectivity index (χ0n) is 8.57. The molecular formula is C9H19NO2. The molecule has 12 heavy (non-hydrogen) atoms. The van der Waals surface area contributed by atoms with Crippen molar-refractivity contribution >= 4 is 0 Å². The first-order valence-electron chi connectivity index (χ1n) is 4.60. The van der Waals surface area contributed by atoms with Crippen molar-refractivity contribution in [1.82, 2.24) is 4.90 Å². The number of rotatable bonds is 1. The molecule has 1 aliphatic heterocycles. The molecule has 3 nitrogen and oxygen atoms in total. The van der Waals surface area contributed by atoms with Gasteiger partial charge in [0.05, 0.1) is 0 Å². The lowest BCUT2D eigenvalue weighted by atomic mass is 10.3. The molecule has 0 aromatic carbocycles. The van der Waals surface area contributed by atoms with Crippen molar-refractivity contribution in [2.75, 3.05) is 0 Å². The van der Waals surface area contributed by atoms with E-state index in [1.807, 2.05) is 6.92 Å². The highest BCUT2D eigenvalue weighted by Gasteiger charge is 2.31. The van der Waals surface area contributed by atoms with Gasteiger partial charge >= 0.3 is 0 Å². The number of hydrogen-bond donors (Lipinski definition) is 0. The Hall–Kier alpha value is -0.120. The van der Waals surface area contributed by atoms with E-state index in [9.17, 15) is 0 Å². The summed E-state index contributed by atoms with van der Waals surface area (Å²) in [6, 6.07) is 0.461. The predicted octanol–water partition coefficient (Wildman–Crippen LogP) is 1.78. The molecule has 0 N–H and O–H groups in total. The van der Waals surface area contributed by atoms with Crippen LogP contribution in [0.5, 0.6) is 0 Å². The van der Waals surface area contributed by atoms with Crippen LogP contribution >= 0.6 is 0 Å². The lowest BCUT2D eigenvalue weighted by Gasteiger charge is -2.43. The van der Waals surface area contributed by atoms with Gasteiger partial charge in [-0.2, -0.15) is 0 Å². The molecule has 0 saturated carbocycles. The van der Waals surface area contributed by atoms with Gasteiger partial charge in [-0.1, -0.05) is 0 Å². The molecule has 0 aromatic rings. The van der Waals surface area contributed by atoms with E-state index in [2.05, 4.69) is 32.6 Å². The maximum absolute atomic E-state index is 5.53. The molecule has 0 aromatic heterocycles. The molecule has 1 rings (SSSR count). The maximum atomic E-state index is 5.53. The van der Waals surface area contributed by atoms with Gasteiger partial charge < -0.3 is 9.47 Å². The van der Waals surface area contributed by atoms with Crippen molar-refractivity contribution < 1.29 is 9.47 Å². The van der Waals surface area contributed by atoms with Crippen LogP contribution in [0.25, 0.3) is 0 Å². The van der Waals surface area contributed by atoms with Crippen LogP contribution in [0.3, 0.4) is 0 Å². The Balaban J connectivity index is 2.60. The fourth-order valence-corrected chi connectivity index (χ4v) is 1.86. The molecular weight excluding hydrogens is 154 g/mol. The Morgan fingerprint density at radius 3 is 1.75 bits per heavy atom. The Bertz CT molecular complexity index is 137. The fraction of sp³-hybridized carbons (Fsp3) is 1.00. The average Bonchev–Trinajstić information content (AvgIpc) is 1.82. The van der Waals surface area contributed by atoms with E-state index in [1.165, 1.54) is 0 Å². The van der Waals surface area contributed by atoms with Crippen LogP contribution in [0, 0.1) is 0 Å². The van der Waals surface area contributed by atoms with Gasteiger partial charge in [-0.05, 0) is 34.6 Å². The van der Waals surface area contributed by atoms with E-state index in [1.54, 1.807) is 0 Å². The Morgan fingerprint density at radius 2 is 1.42 bits per heavy atom. The largest absolute Gasteiger partial charge is 0.335 e. The van der Waals surface area contributed by atoms with Crippen molar-refractivity contribution in [3.63, 3.8) is 0 Å². The maximum Gasteiger partial charge on any atom is 0.158 e. The minimum absolute atomic E-state index is 0.0787. The molecule has 3 heteroatoms. The van der Waals surface area contributed by atoms with Gasteiger partial charge in [0, 0.05) is 6.04 Å². The third-order valence-corrected chi connectivity index (χ3v) is 2.21. The van der Waals surface area contributed by atoms with Crippen LogP contribution in [0.15, 0.2) is 0 Å². The molecule has 1 saturated heterocycles. The van der Waals surface area contributed by atoms with Gasteiger partial charge in [0.25, 0.3) is 0 Å². The number of ether oxygens (including phenoxy) is 2. The molecule has 1 heterocycles. The van der Waals surface area contributed by atoms with Crippen LogP contribution in [-0.2, 0) is 9.47 Å². The van der Waals surface area contributed by atoms with Gasteiger partial charge in [0.1, 0.15) is 12.5 Å². The zero-order valence-corrected chi connectivity index (χ0v) is 8.57. The van der Waals surface area contributed by atoms with Gasteiger partial charge in [-0.15, -0.1) is 0 Å². The van der Waals surface area contributed by atoms with E-state index < -0.39 is 0 Å². The van der Waals surface area contributed by atoms with Crippen LogP contribution < -0.4 is 0 Å². The lowest BCUT2D eigenvalue weighted by molar-refractivity contribution is -0.311. The minimum atomic E-state index is -0.0787. The summed E-state index contributed by atoms with van der Waals surface area (Å²) < 4.78 is 11.1. The molecule has 0 amide bonds. The van der Waals surface area contributed by atoms with Crippen molar-refractivity contribution in [2.24, 2.45) is 0 Å². The monoisotopic (exact) mass is 173 g/mol. The van der Waals surface area contributed by atoms with Crippen LogP contribution in [-0.4, -0.2) is 29.7 Å². The molecule has 0 radical (unpaired) electrons. The first-order chi connectivity index (χ1) is 5.52. The summed E-state index contributed by atoms with van der Waals surface area (Å²) in [5.41, 5.74) is 0. The summed E-state index contributed by atoms with van der Waals surface area (Å²) in [6.07, 6.45) is 0.234. The molecule has 0 aliphatic carbocycles. The van der Waals surface area contributed by atoms with Gasteiger partial charge in [0.15, 0.2) is 6.29 Å². The summed E-state index contributed by atoms with van der Waals surface area (Å²) in [5, 5.41) is 0. The van der Waals surface area contributed by atoms with E-state index >= 15 is 0 Å². The highest BCUT2D eigenvalue weighted by Crippen LogP contribution is 2.21. The normalized spacial score (nSPS) is 39.0. The first-order valence-corrected chi connectivity index (χ1v) is 4.60. The predicted molar refractivity (Wildman–Crippen MR) is 47.5 cm³/mol. The van der Waals surface area contributed by atoms with Crippen molar-refractivity contribution in [3.8, 4) is 0 Å². The molecule has 1 aliphatic rings. The van der Waals surface area contributed by atoms with Crippen molar-refractivity contribution in [3.05, 3.63) is 0 Å². The Morgan fingerprint density at radius 1 is 1.00 bits per heavy atom. The second-order valence-corrected chi connectivity index (χ2v) is 3.58. The third kappa shape index (κ3) is 1.97. The van der Waals surface area contributed by atoms with E-state index in [0.717, 1.165) is 0 Å². The molecule has 2 unspecified atom stereocenters. The van der Waals surface area contributed by atoms with Crippen molar-refractivity contribution in [1.29, 1.82) is 0 Å². The lowest BCUT2D eigenvalue weighted by Crippen LogP contribution is -2.53. The second-order valence-electron chi connectivity index (χ2n) is 3.58. The van der Waals surface area contributed by atoms with Crippen molar-refractivity contribution in [2.45, 2.75) is 59.4 Å². The third-order valence-electron chi connectivity index (χ3n) is 2.21. The minimum Gasteiger partial charge on any atom is -0.335 e. The summed E-state index contributed by atoms with van der Waals surface area (Å²) in [6.45, 7) is 10.4. The van der Waals surface area contributed by atoms with Crippen LogP contribution in [0.2, 0.25) is 0 Å². The molecule has 0 spiro atoms. The van der Waals surface area contributed by atoms with E-state index in [-0.39, 0.29) is 18.7 Å². The van der Waals surface area contributed by atoms with Gasteiger partial charge in [0.2, 0.25) is 0 Å². The average molecular weight is 173 g/mol. The van der Waals surface area contributed by atoms with Crippen LogP contribution in [0.1, 0.15) is 34.6 Å². The fourth-order valence-electron chi connectivity index (χ4n) is 1.86. The smallest absolute Gasteiger partial charge is 0.158 e. The SMILES string of the molecule is CC1OC(C)N(C(C)C)C(C)O1. The second kappa shape index (κ2) is 3.73. The molecule has 1 fully saturated rings. The number of hydrogen-bond acceptors (Lipinski definition) is 3. The number of nitrogens with zero attached hydrogens (tertiary/aromatic N) is 1. The highest BCUT2D eigenvalue weighted by molar-refractivity contribution is 4.69. The van der Waals surface area contributed by atoms with E-state index in [0.29, 0.717) is 6.04 Å². The summed E-state index contributed by atoms with van der Waals surface area (Å²) >= 11 is 0. The quantitative estimate of drug-likeness (QED) is 0.603. The highest BCUT2D eigenvalue weighted by atomic mass is 16.7. The molecule has 0 bridgehead atoms. The zero-order chi connectivity index (χ0) is 9.30. The topological polar surface area (TPSA) is 21.7 Å². The van der Waals surface area contributed by atoms with Crippen LogP contribution in [0.4, 0.5) is 0 Å². The summed E-state index contributed by atoms with van der Waals surface area (Å²) in [7, 11) is 0. The Kier molecular flexibility index (Phi) is 3.09. The van der Waals surface area contributed by atoms with E-state index in [4.69, 9.17) is 9.47 Å². The summed E-state index contributed by atoms with van der Waals surface area (Å²) in [5.74, 6) is 0. The van der Waals surface area contributed by atoms with Gasteiger partial charge in [-0.25, -0.2) is 0 Å². The van der Waals surface area contributed by atoms with Gasteiger partial charge in [-0.3, -0.25) is 4.90 Å². The molecule has 72 valence electrons. The summed E-state index contributed by atoms with van der Waals surface area (Å²) in [4.78, 5) is 2.21. The first kappa shape index (κ1) is 9.96. The standard InChI is InChI=1S/C9H19NO2/c1-6(2)10-7(3)11-9(5)12-8(10)4/h6-9H,1-5H3. The Labute approximate surface area is 74.6 Å².